The van der Waals surface area contributed by atoms with Gasteiger partial charge in [0, 0.05) is 0 Å². The van der Waals surface area contributed by atoms with E-state index >= 15 is 0 Å². The van der Waals surface area contributed by atoms with E-state index in [2.05, 4.69) is 4.99 Å². The zero-order valence-corrected chi connectivity index (χ0v) is 7.28. The number of dihydropyridines is 1. The van der Waals surface area contributed by atoms with E-state index in [1.807, 2.05) is 0 Å². The van der Waals surface area contributed by atoms with E-state index in [-0.39, 0.29) is 0 Å². The number of carboxylic acid groups (broad SMARTS) is 1. The van der Waals surface area contributed by atoms with Gasteiger partial charge in [-0.1, -0.05) is 6.08 Å². The number of alkyl halides is 3. The molecule has 0 aliphatic carbocycles. The summed E-state index contributed by atoms with van der Waals surface area (Å²) in [5.41, 5.74) is -1.30. The van der Waals surface area contributed by atoms with Crippen LogP contribution in [0.3, 0.4) is 0 Å². The molecule has 0 aromatic carbocycles. The maximum absolute atomic E-state index is 12.1. The van der Waals surface area contributed by atoms with Crippen LogP contribution in [0, 0.1) is 5.92 Å². The number of allylic oxidation sites excluding steroid dienone is 1. The number of carbonyl (C=O) groups excluding carboxylic acids is 1. The quantitative estimate of drug-likeness (QED) is 0.761. The number of carbonyl (C=O) groups is 2. The van der Waals surface area contributed by atoms with Crippen LogP contribution in [0.4, 0.5) is 13.2 Å². The van der Waals surface area contributed by atoms with E-state index in [0.717, 1.165) is 6.08 Å². The second-order valence-corrected chi connectivity index (χ2v) is 2.90. The summed E-state index contributed by atoms with van der Waals surface area (Å²) in [5, 5.41) is 8.35. The molecule has 1 aliphatic heterocycles. The minimum atomic E-state index is -4.68. The molecular weight excluding hydrogens is 215 g/mol. The summed E-state index contributed by atoms with van der Waals surface area (Å²) in [6, 6.07) is 0. The Kier molecular flexibility index (Phi) is 2.92. The third-order valence-electron chi connectivity index (χ3n) is 1.72. The highest BCUT2D eigenvalue weighted by atomic mass is 19.4. The minimum absolute atomic E-state index is 0.552. The van der Waals surface area contributed by atoms with Crippen molar-refractivity contribution in [3.63, 3.8) is 0 Å². The summed E-state index contributed by atoms with van der Waals surface area (Å²) in [5.74, 6) is -3.44. The molecule has 0 saturated carbocycles. The van der Waals surface area contributed by atoms with Crippen molar-refractivity contribution in [1.29, 1.82) is 0 Å². The Labute approximate surface area is 82.1 Å². The van der Waals surface area contributed by atoms with Gasteiger partial charge in [-0.15, -0.1) is 0 Å². The average molecular weight is 221 g/mol. The van der Waals surface area contributed by atoms with Crippen molar-refractivity contribution in [3.8, 4) is 0 Å². The van der Waals surface area contributed by atoms with Crippen molar-refractivity contribution in [2.75, 3.05) is 0 Å². The summed E-state index contributed by atoms with van der Waals surface area (Å²) >= 11 is 0. The van der Waals surface area contributed by atoms with Gasteiger partial charge in [-0.05, 0) is 6.08 Å². The fourth-order valence-electron chi connectivity index (χ4n) is 1.03. The molecule has 0 aromatic rings. The van der Waals surface area contributed by atoms with Crippen molar-refractivity contribution in [2.24, 2.45) is 10.9 Å². The number of aliphatic imine (C=N–C) groups is 1. The van der Waals surface area contributed by atoms with Gasteiger partial charge in [-0.2, -0.15) is 13.2 Å². The van der Waals surface area contributed by atoms with Crippen molar-refractivity contribution in [1.82, 2.24) is 0 Å². The van der Waals surface area contributed by atoms with Gasteiger partial charge in [0.25, 0.3) is 5.91 Å². The van der Waals surface area contributed by atoms with Crippen LogP contribution in [-0.4, -0.2) is 28.9 Å². The number of nitrogens with zero attached hydrogens (tertiary/aromatic N) is 1. The Hall–Kier alpha value is -1.66. The molecule has 0 bridgehead atoms. The van der Waals surface area contributed by atoms with Gasteiger partial charge >= 0.3 is 12.1 Å². The van der Waals surface area contributed by atoms with E-state index in [0.29, 0.717) is 6.08 Å². The van der Waals surface area contributed by atoms with Gasteiger partial charge in [0.15, 0.2) is 0 Å². The Morgan fingerprint density at radius 1 is 1.53 bits per heavy atom. The topological polar surface area (TPSA) is 66.7 Å². The van der Waals surface area contributed by atoms with E-state index in [1.165, 1.54) is 0 Å². The molecule has 1 atom stereocenters. The van der Waals surface area contributed by atoms with Crippen LogP contribution < -0.4 is 0 Å². The first-order valence-corrected chi connectivity index (χ1v) is 3.90. The molecule has 0 fully saturated rings. The molecule has 15 heavy (non-hydrogen) atoms. The van der Waals surface area contributed by atoms with Crippen LogP contribution in [0.15, 0.2) is 17.1 Å². The number of hydrogen-bond acceptors (Lipinski definition) is 2. The second kappa shape index (κ2) is 3.84. The van der Waals surface area contributed by atoms with Gasteiger partial charge in [0.05, 0.1) is 12.3 Å². The number of amides is 1. The molecule has 0 aromatic heterocycles. The predicted molar refractivity (Wildman–Crippen MR) is 43.4 cm³/mol. The first-order valence-electron chi connectivity index (χ1n) is 3.90. The fourth-order valence-corrected chi connectivity index (χ4v) is 1.03. The number of hydrogen-bond donors (Lipinski definition) is 1. The lowest BCUT2D eigenvalue weighted by atomic mass is 10.0. The zero-order valence-electron chi connectivity index (χ0n) is 7.28. The molecule has 1 unspecified atom stereocenters. The lowest BCUT2D eigenvalue weighted by Gasteiger charge is -2.13. The van der Waals surface area contributed by atoms with E-state index in [4.69, 9.17) is 5.11 Å². The van der Waals surface area contributed by atoms with E-state index in [1.54, 1.807) is 0 Å². The summed E-state index contributed by atoms with van der Waals surface area (Å²) in [7, 11) is 0. The Morgan fingerprint density at radius 2 is 2.13 bits per heavy atom. The molecule has 1 rings (SSSR count). The molecule has 1 amide bonds. The van der Waals surface area contributed by atoms with Crippen molar-refractivity contribution < 1.29 is 27.9 Å². The third-order valence-corrected chi connectivity index (χ3v) is 1.72. The maximum Gasteiger partial charge on any atom is 0.433 e. The van der Waals surface area contributed by atoms with Crippen LogP contribution >= 0.6 is 0 Å². The highest BCUT2D eigenvalue weighted by molar-refractivity contribution is 6.09. The molecule has 0 saturated heterocycles. The van der Waals surface area contributed by atoms with E-state index < -0.39 is 36.1 Å². The highest BCUT2D eigenvalue weighted by Gasteiger charge is 2.37. The van der Waals surface area contributed by atoms with Gasteiger partial charge in [-0.3, -0.25) is 9.59 Å². The molecule has 1 aliphatic rings. The van der Waals surface area contributed by atoms with Crippen LogP contribution in [-0.2, 0) is 9.59 Å². The van der Waals surface area contributed by atoms with Crippen LogP contribution in [0.25, 0.3) is 0 Å². The number of aliphatic carboxylic acids is 1. The van der Waals surface area contributed by atoms with Crippen LogP contribution in [0.5, 0.6) is 0 Å². The summed E-state index contributed by atoms with van der Waals surface area (Å²) < 4.78 is 36.2. The lowest BCUT2D eigenvalue weighted by Crippen LogP contribution is -2.28. The predicted octanol–water partition coefficient (Wildman–Crippen LogP) is 1.18. The molecular formula is C8H6F3NO3. The third kappa shape index (κ3) is 2.90. The molecule has 82 valence electrons. The van der Waals surface area contributed by atoms with Gasteiger partial charge in [-0.25, -0.2) is 4.99 Å². The zero-order chi connectivity index (χ0) is 11.6. The Bertz CT molecular complexity index is 357. The molecule has 4 nitrogen and oxygen atoms in total. The van der Waals surface area contributed by atoms with Gasteiger partial charge in [0.2, 0.25) is 0 Å². The van der Waals surface area contributed by atoms with Gasteiger partial charge < -0.3 is 5.11 Å². The van der Waals surface area contributed by atoms with Crippen LogP contribution in [0.1, 0.15) is 6.42 Å². The van der Waals surface area contributed by atoms with Gasteiger partial charge in [0.1, 0.15) is 5.71 Å². The number of rotatable bonds is 2. The summed E-state index contributed by atoms with van der Waals surface area (Å²) in [6.07, 6.45) is -3.70. The van der Waals surface area contributed by atoms with E-state index in [9.17, 15) is 22.8 Å². The molecule has 1 heterocycles. The van der Waals surface area contributed by atoms with Crippen molar-refractivity contribution in [2.45, 2.75) is 12.6 Å². The maximum atomic E-state index is 12.1. The molecule has 1 N–H and O–H groups in total. The van der Waals surface area contributed by atoms with Crippen LogP contribution in [0.2, 0.25) is 0 Å². The summed E-state index contributed by atoms with van der Waals surface area (Å²) in [6.45, 7) is 0. The standard InChI is InChI=1S/C8H6F3NO3/c9-8(10,11)5-2-1-4(3-6(13)14)7(15)12-5/h1-2,4H,3H2,(H,13,14). The number of halogens is 3. The Morgan fingerprint density at radius 3 is 2.53 bits per heavy atom. The van der Waals surface area contributed by atoms with Crippen molar-refractivity contribution in [3.05, 3.63) is 12.2 Å². The molecule has 0 radical (unpaired) electrons. The number of carboxylic acids is 1. The first kappa shape index (κ1) is 11.4. The average Bonchev–Trinajstić information content (AvgIpc) is 2.05. The largest absolute Gasteiger partial charge is 0.481 e. The highest BCUT2D eigenvalue weighted by Crippen LogP contribution is 2.23. The second-order valence-electron chi connectivity index (χ2n) is 2.90. The lowest BCUT2D eigenvalue weighted by molar-refractivity contribution is -0.139. The summed E-state index contributed by atoms with van der Waals surface area (Å²) in [4.78, 5) is 24.0. The minimum Gasteiger partial charge on any atom is -0.481 e. The molecule has 7 heteroatoms. The van der Waals surface area contributed by atoms with Crippen molar-refractivity contribution >= 4 is 17.6 Å². The first-order chi connectivity index (χ1) is 6.80. The fraction of sp³-hybridized carbons (Fsp3) is 0.375. The molecule has 0 spiro atoms. The monoisotopic (exact) mass is 221 g/mol. The SMILES string of the molecule is O=C(O)CC1C=CC(C(F)(F)F)=NC1=O. The Balaban J connectivity index is 2.80. The smallest absolute Gasteiger partial charge is 0.433 e. The normalized spacial score (nSPS) is 21.4.